The number of nitrogens with zero attached hydrogens (tertiary/aromatic N) is 5. The van der Waals surface area contributed by atoms with Gasteiger partial charge >= 0.3 is 12.4 Å². The van der Waals surface area contributed by atoms with Crippen molar-refractivity contribution in [2.75, 3.05) is 23.8 Å². The summed E-state index contributed by atoms with van der Waals surface area (Å²) in [6.45, 7) is 1.10. The van der Waals surface area contributed by atoms with Crippen LogP contribution in [0.5, 0.6) is 0 Å². The van der Waals surface area contributed by atoms with E-state index in [-0.39, 0.29) is 73.3 Å². The molecule has 1 aromatic carbocycles. The topological polar surface area (TPSA) is 96.9 Å². The second-order valence-electron chi connectivity index (χ2n) is 12.6. The van der Waals surface area contributed by atoms with E-state index in [1.807, 2.05) is 11.3 Å². The maximum Gasteiger partial charge on any atom is 0.416 e. The van der Waals surface area contributed by atoms with Crippen LogP contribution in [0.2, 0.25) is 0 Å². The molecule has 2 aromatic heterocycles. The van der Waals surface area contributed by atoms with Crippen molar-refractivity contribution >= 4 is 60.2 Å². The van der Waals surface area contributed by atoms with E-state index in [0.717, 1.165) is 56.3 Å². The lowest BCUT2D eigenvalue weighted by Gasteiger charge is -2.33. The number of hydrogen-bond donors (Lipinski definition) is 3. The summed E-state index contributed by atoms with van der Waals surface area (Å²) in [6.07, 6.45) is 1.72. The predicted molar refractivity (Wildman–Crippen MR) is 176 cm³/mol. The molecule has 8 nitrogen and oxygen atoms in total. The van der Waals surface area contributed by atoms with Crippen LogP contribution in [0, 0.1) is 5.92 Å². The lowest BCUT2D eigenvalue weighted by molar-refractivity contribution is -0.143. The normalized spacial score (nSPS) is 21.5. The van der Waals surface area contributed by atoms with Crippen LogP contribution in [-0.4, -0.2) is 49.7 Å². The second-order valence-corrected chi connectivity index (χ2v) is 12.6. The number of piperidine rings is 1. The molecule has 47 heavy (non-hydrogen) atoms. The van der Waals surface area contributed by atoms with Crippen LogP contribution in [-0.2, 0) is 18.8 Å². The first-order valence-corrected chi connectivity index (χ1v) is 15.5. The van der Waals surface area contributed by atoms with Gasteiger partial charge in [-0.05, 0) is 87.5 Å². The van der Waals surface area contributed by atoms with Crippen molar-refractivity contribution in [2.45, 2.75) is 101 Å². The molecule has 3 heterocycles. The van der Waals surface area contributed by atoms with Gasteiger partial charge in [0.25, 0.3) is 0 Å². The highest BCUT2D eigenvalue weighted by Crippen LogP contribution is 2.38. The Labute approximate surface area is 288 Å². The first kappa shape index (κ1) is 39.2. The number of nitrogens with two attached hydrogens (primary N) is 1. The van der Waals surface area contributed by atoms with Gasteiger partial charge in [-0.25, -0.2) is 9.99 Å². The number of aromatic nitrogens is 4. The third-order valence-corrected chi connectivity index (χ3v) is 9.29. The number of hydrazine groups is 1. The predicted octanol–water partition coefficient (Wildman–Crippen LogP) is 8.21. The fourth-order valence-corrected chi connectivity index (χ4v) is 6.82. The molecule has 3 aliphatic rings. The summed E-state index contributed by atoms with van der Waals surface area (Å²) in [5.41, 5.74) is 8.44. The van der Waals surface area contributed by atoms with Crippen molar-refractivity contribution < 1.29 is 26.3 Å². The Morgan fingerprint density at radius 1 is 0.787 bits per heavy atom. The maximum atomic E-state index is 13.3. The highest BCUT2D eigenvalue weighted by molar-refractivity contribution is 5.86. The fourth-order valence-electron chi connectivity index (χ4n) is 6.82. The molecule has 2 aliphatic carbocycles. The molecule has 4 N–H and O–H groups in total. The number of fused-ring (bicyclic) bond motifs is 1. The SMILES string of the molecule is Cl.Cl.Cl.NC1CCC(Nc2nc(NN3CCC(Cc4cc(C(F)(F)F)cc(C(F)(F)F)c4)CC3)c3ncn(C4CCCC4)c3n2)CC1. The smallest absolute Gasteiger partial charge is 0.351 e. The van der Waals surface area contributed by atoms with E-state index in [1.165, 1.54) is 12.8 Å². The zero-order valence-corrected chi connectivity index (χ0v) is 28.1. The molecule has 0 amide bonds. The molecule has 1 aliphatic heterocycles. The van der Waals surface area contributed by atoms with Crippen molar-refractivity contribution in [1.29, 1.82) is 0 Å². The Balaban J connectivity index is 0.00000200. The summed E-state index contributed by atoms with van der Waals surface area (Å²) in [6, 6.07) is 2.65. The average Bonchev–Trinajstić information content (AvgIpc) is 3.65. The molecule has 17 heteroatoms. The van der Waals surface area contributed by atoms with Crippen molar-refractivity contribution in [3.05, 3.63) is 41.2 Å². The van der Waals surface area contributed by atoms with Gasteiger partial charge in [-0.15, -0.1) is 37.2 Å². The van der Waals surface area contributed by atoms with Gasteiger partial charge < -0.3 is 21.0 Å². The lowest BCUT2D eigenvalue weighted by Crippen LogP contribution is -2.39. The summed E-state index contributed by atoms with van der Waals surface area (Å²) in [5, 5.41) is 5.50. The Kier molecular flexibility index (Phi) is 13.3. The minimum Gasteiger partial charge on any atom is -0.351 e. The Bertz CT molecular complexity index is 1420. The standard InChI is InChI=1S/C30H38F6N8.3ClH/c31-29(32,33)20-14-19(15-21(16-20)30(34,35)36)13-18-9-11-43(12-10-18)42-26-25-27(44(17-38-25)24-3-1-2-4-24)41-28(40-26)39-23-7-5-22(37)6-8-23;;;/h14-18,22-24H,1-13,37H2,(H2,39,40,41,42);3*1H. The quantitative estimate of drug-likeness (QED) is 0.211. The molecule has 0 bridgehead atoms. The summed E-state index contributed by atoms with van der Waals surface area (Å²) in [4.78, 5) is 14.4. The Hall–Kier alpha value is -2.26. The molecule has 3 fully saturated rings. The molecular formula is C30H41Cl3F6N8. The maximum absolute atomic E-state index is 13.3. The van der Waals surface area contributed by atoms with Crippen molar-refractivity contribution in [2.24, 2.45) is 11.7 Å². The third-order valence-electron chi connectivity index (χ3n) is 9.29. The molecule has 264 valence electrons. The van der Waals surface area contributed by atoms with Crippen LogP contribution >= 0.6 is 37.2 Å². The highest BCUT2D eigenvalue weighted by Gasteiger charge is 2.37. The number of alkyl halides is 6. The van der Waals surface area contributed by atoms with Crippen LogP contribution in [0.4, 0.5) is 38.1 Å². The molecule has 1 saturated heterocycles. The van der Waals surface area contributed by atoms with Crippen LogP contribution in [0.15, 0.2) is 24.5 Å². The number of halogens is 9. The van der Waals surface area contributed by atoms with Crippen LogP contribution in [0.1, 0.15) is 86.9 Å². The molecule has 0 radical (unpaired) electrons. The molecule has 6 rings (SSSR count). The lowest BCUT2D eigenvalue weighted by atomic mass is 9.89. The number of nitrogens with one attached hydrogen (secondary N) is 2. The van der Waals surface area contributed by atoms with Crippen LogP contribution in [0.3, 0.4) is 0 Å². The molecule has 0 unspecified atom stereocenters. The number of anilines is 2. The van der Waals surface area contributed by atoms with Gasteiger partial charge in [0.05, 0.1) is 17.5 Å². The Morgan fingerprint density at radius 2 is 1.38 bits per heavy atom. The number of rotatable bonds is 7. The monoisotopic (exact) mass is 732 g/mol. The summed E-state index contributed by atoms with van der Waals surface area (Å²) >= 11 is 0. The summed E-state index contributed by atoms with van der Waals surface area (Å²) in [5.74, 6) is 1.05. The molecule has 2 saturated carbocycles. The molecule has 3 aromatic rings. The van der Waals surface area contributed by atoms with E-state index < -0.39 is 23.5 Å². The van der Waals surface area contributed by atoms with Gasteiger partial charge in [-0.1, -0.05) is 12.8 Å². The van der Waals surface area contributed by atoms with E-state index in [4.69, 9.17) is 15.7 Å². The fraction of sp³-hybridized carbons (Fsp3) is 0.633. The van der Waals surface area contributed by atoms with Gasteiger partial charge in [0.1, 0.15) is 0 Å². The van der Waals surface area contributed by atoms with E-state index in [2.05, 4.69) is 20.3 Å². The largest absolute Gasteiger partial charge is 0.416 e. The van der Waals surface area contributed by atoms with Gasteiger partial charge in [0, 0.05) is 31.2 Å². The molecular weight excluding hydrogens is 693 g/mol. The zero-order chi connectivity index (χ0) is 31.1. The summed E-state index contributed by atoms with van der Waals surface area (Å²) in [7, 11) is 0. The van der Waals surface area contributed by atoms with Crippen molar-refractivity contribution in [1.82, 2.24) is 24.5 Å². The number of benzene rings is 1. The first-order valence-electron chi connectivity index (χ1n) is 15.5. The second kappa shape index (κ2) is 16.0. The molecule has 0 atom stereocenters. The van der Waals surface area contributed by atoms with Gasteiger partial charge in [-0.2, -0.15) is 36.3 Å². The van der Waals surface area contributed by atoms with E-state index in [1.54, 1.807) is 0 Å². The van der Waals surface area contributed by atoms with Crippen LogP contribution < -0.4 is 16.5 Å². The van der Waals surface area contributed by atoms with Crippen LogP contribution in [0.25, 0.3) is 11.2 Å². The highest BCUT2D eigenvalue weighted by atomic mass is 35.5. The van der Waals surface area contributed by atoms with E-state index >= 15 is 0 Å². The first-order chi connectivity index (χ1) is 20.9. The van der Waals surface area contributed by atoms with Crippen molar-refractivity contribution in [3.8, 4) is 0 Å². The Morgan fingerprint density at radius 3 is 1.96 bits per heavy atom. The summed E-state index contributed by atoms with van der Waals surface area (Å²) < 4.78 is 82.2. The molecule has 0 spiro atoms. The van der Waals surface area contributed by atoms with E-state index in [9.17, 15) is 26.3 Å². The third kappa shape index (κ3) is 9.46. The van der Waals surface area contributed by atoms with Gasteiger partial charge in [0.15, 0.2) is 17.0 Å². The van der Waals surface area contributed by atoms with Crippen molar-refractivity contribution in [3.63, 3.8) is 0 Å². The number of hydrogen-bond acceptors (Lipinski definition) is 7. The number of imidazole rings is 1. The van der Waals surface area contributed by atoms with Gasteiger partial charge in [-0.3, -0.25) is 0 Å². The average molecular weight is 734 g/mol. The zero-order valence-electron chi connectivity index (χ0n) is 25.6. The van der Waals surface area contributed by atoms with Gasteiger partial charge in [0.2, 0.25) is 5.95 Å². The minimum absolute atomic E-state index is 0. The minimum atomic E-state index is -4.85. The van der Waals surface area contributed by atoms with E-state index in [0.29, 0.717) is 49.3 Å².